The number of pyridine rings is 1. The second kappa shape index (κ2) is 3.07. The molecule has 3 nitrogen and oxygen atoms in total. The van der Waals surface area contributed by atoms with Crippen molar-refractivity contribution in [3.8, 4) is 0 Å². The first-order valence-corrected chi connectivity index (χ1v) is 3.40. The third kappa shape index (κ3) is 1.82. The minimum atomic E-state index is -1.43. The molecular formula is C6H2Cl2NO2-. The lowest BCUT2D eigenvalue weighted by atomic mass is 10.3. The Balaban J connectivity index is 3.23. The monoisotopic (exact) mass is 190 g/mol. The van der Waals surface area contributed by atoms with Crippen LogP contribution in [-0.2, 0) is 0 Å². The molecule has 0 atom stereocenters. The van der Waals surface area contributed by atoms with Gasteiger partial charge in [-0.25, -0.2) is 4.98 Å². The Morgan fingerprint density at radius 2 is 2.09 bits per heavy atom. The fourth-order valence-electron chi connectivity index (χ4n) is 0.561. The molecule has 0 aliphatic heterocycles. The predicted molar refractivity (Wildman–Crippen MR) is 38.6 cm³/mol. The van der Waals surface area contributed by atoms with Crippen LogP contribution >= 0.6 is 23.2 Å². The quantitative estimate of drug-likeness (QED) is 0.615. The van der Waals surface area contributed by atoms with Crippen molar-refractivity contribution in [1.82, 2.24) is 4.98 Å². The molecular weight excluding hydrogens is 189 g/mol. The lowest BCUT2D eigenvalue weighted by Crippen LogP contribution is -2.23. The largest absolute Gasteiger partial charge is 0.543 e. The maximum Gasteiger partial charge on any atom is 0.129 e. The highest BCUT2D eigenvalue weighted by atomic mass is 35.5. The summed E-state index contributed by atoms with van der Waals surface area (Å²) in [5.74, 6) is -1.43. The number of hydrogen-bond acceptors (Lipinski definition) is 3. The highest BCUT2D eigenvalue weighted by molar-refractivity contribution is 6.34. The lowest BCUT2D eigenvalue weighted by Gasteiger charge is -2.02. The Labute approximate surface area is 72.6 Å². The number of halogens is 2. The highest BCUT2D eigenvalue weighted by Crippen LogP contribution is 2.15. The molecule has 5 heteroatoms. The fourth-order valence-corrected chi connectivity index (χ4v) is 0.891. The van der Waals surface area contributed by atoms with Crippen molar-refractivity contribution >= 4 is 29.2 Å². The van der Waals surface area contributed by atoms with Crippen molar-refractivity contribution in [2.75, 3.05) is 0 Å². The molecule has 0 spiro atoms. The average molecular weight is 191 g/mol. The van der Waals surface area contributed by atoms with E-state index in [1.165, 1.54) is 12.1 Å². The van der Waals surface area contributed by atoms with Gasteiger partial charge in [-0.1, -0.05) is 23.2 Å². The summed E-state index contributed by atoms with van der Waals surface area (Å²) in [6.07, 6.45) is 0. The molecule has 1 aromatic heterocycles. The third-order valence-electron chi connectivity index (χ3n) is 1.01. The van der Waals surface area contributed by atoms with E-state index in [2.05, 4.69) is 4.98 Å². The number of carbonyl (C=O) groups excluding carboxylic acids is 1. The normalized spacial score (nSPS) is 9.64. The molecule has 0 saturated carbocycles. The van der Waals surface area contributed by atoms with E-state index in [0.29, 0.717) is 0 Å². The number of aromatic nitrogens is 1. The van der Waals surface area contributed by atoms with Gasteiger partial charge in [0.25, 0.3) is 0 Å². The number of aromatic carboxylic acids is 1. The summed E-state index contributed by atoms with van der Waals surface area (Å²) in [4.78, 5) is 13.7. The summed E-state index contributed by atoms with van der Waals surface area (Å²) in [6.45, 7) is 0. The molecule has 0 fully saturated rings. The first-order chi connectivity index (χ1) is 5.11. The Morgan fingerprint density at radius 1 is 1.45 bits per heavy atom. The molecule has 0 aliphatic carbocycles. The molecule has 11 heavy (non-hydrogen) atoms. The summed E-state index contributed by atoms with van der Waals surface area (Å²) < 4.78 is 0. The van der Waals surface area contributed by atoms with E-state index in [9.17, 15) is 9.90 Å². The third-order valence-corrected chi connectivity index (χ3v) is 1.52. The maximum atomic E-state index is 10.3. The summed E-state index contributed by atoms with van der Waals surface area (Å²) >= 11 is 10.8. The van der Waals surface area contributed by atoms with Gasteiger partial charge in [0.1, 0.15) is 10.8 Å². The van der Waals surface area contributed by atoms with Gasteiger partial charge in [0.15, 0.2) is 0 Å². The van der Waals surface area contributed by atoms with Crippen molar-refractivity contribution in [1.29, 1.82) is 0 Å². The van der Waals surface area contributed by atoms with Crippen LogP contribution in [0.5, 0.6) is 0 Å². The Bertz CT molecular complexity index is 301. The van der Waals surface area contributed by atoms with Crippen LogP contribution in [0.25, 0.3) is 0 Å². The smallest absolute Gasteiger partial charge is 0.129 e. The van der Waals surface area contributed by atoms with Crippen molar-refractivity contribution in [3.63, 3.8) is 0 Å². The van der Waals surface area contributed by atoms with Crippen molar-refractivity contribution in [2.24, 2.45) is 0 Å². The first kappa shape index (κ1) is 8.30. The van der Waals surface area contributed by atoms with E-state index >= 15 is 0 Å². The fraction of sp³-hybridized carbons (Fsp3) is 0. The number of carbonyl (C=O) groups is 1. The first-order valence-electron chi connectivity index (χ1n) is 2.64. The second-order valence-corrected chi connectivity index (χ2v) is 2.55. The van der Waals surface area contributed by atoms with Crippen molar-refractivity contribution < 1.29 is 9.90 Å². The molecule has 0 aliphatic rings. The average Bonchev–Trinajstić information content (AvgIpc) is 1.94. The zero-order chi connectivity index (χ0) is 8.43. The topological polar surface area (TPSA) is 53.0 Å². The van der Waals surface area contributed by atoms with Crippen molar-refractivity contribution in [2.45, 2.75) is 0 Å². The minimum Gasteiger partial charge on any atom is -0.543 e. The second-order valence-electron chi connectivity index (χ2n) is 1.75. The van der Waals surface area contributed by atoms with Gasteiger partial charge in [0.05, 0.1) is 11.0 Å². The van der Waals surface area contributed by atoms with E-state index in [4.69, 9.17) is 23.2 Å². The molecule has 0 radical (unpaired) electrons. The highest BCUT2D eigenvalue weighted by Gasteiger charge is 2.02. The SMILES string of the molecule is O=C([O-])c1nc(Cl)ccc1Cl. The number of rotatable bonds is 1. The van der Waals surface area contributed by atoms with Crippen LogP contribution in [0.15, 0.2) is 12.1 Å². The van der Waals surface area contributed by atoms with Gasteiger partial charge in [-0.3, -0.25) is 0 Å². The molecule has 58 valence electrons. The van der Waals surface area contributed by atoms with E-state index in [1.54, 1.807) is 0 Å². The van der Waals surface area contributed by atoms with E-state index in [0.717, 1.165) is 0 Å². The molecule has 0 unspecified atom stereocenters. The number of hydrogen-bond donors (Lipinski definition) is 0. The standard InChI is InChI=1S/C6H3Cl2NO2/c7-3-1-2-4(8)9-5(3)6(10)11/h1-2H,(H,10,11)/p-1. The molecule has 0 saturated heterocycles. The predicted octanol–water partition coefficient (Wildman–Crippen LogP) is 0.752. The van der Waals surface area contributed by atoms with E-state index in [1.807, 2.05) is 0 Å². The summed E-state index contributed by atoms with van der Waals surface area (Å²) in [5, 5.41) is 10.4. The van der Waals surface area contributed by atoms with E-state index < -0.39 is 5.97 Å². The van der Waals surface area contributed by atoms with Gasteiger partial charge in [-0.05, 0) is 12.1 Å². The number of carboxylic acid groups (broad SMARTS) is 1. The number of carboxylic acids is 1. The van der Waals surface area contributed by atoms with Gasteiger partial charge >= 0.3 is 0 Å². The molecule has 0 N–H and O–H groups in total. The van der Waals surface area contributed by atoms with Crippen LogP contribution in [0.2, 0.25) is 10.2 Å². The van der Waals surface area contributed by atoms with Crippen LogP contribution in [0.3, 0.4) is 0 Å². The zero-order valence-corrected chi connectivity index (χ0v) is 6.69. The van der Waals surface area contributed by atoms with Gasteiger partial charge in [-0.15, -0.1) is 0 Å². The lowest BCUT2D eigenvalue weighted by molar-refractivity contribution is -0.255. The van der Waals surface area contributed by atoms with Crippen molar-refractivity contribution in [3.05, 3.63) is 28.0 Å². The van der Waals surface area contributed by atoms with Crippen LogP contribution in [0.4, 0.5) is 0 Å². The Kier molecular flexibility index (Phi) is 2.31. The zero-order valence-electron chi connectivity index (χ0n) is 5.17. The molecule has 0 bridgehead atoms. The molecule has 0 amide bonds. The summed E-state index contributed by atoms with van der Waals surface area (Å²) in [7, 11) is 0. The summed E-state index contributed by atoms with van der Waals surface area (Å²) in [6, 6.07) is 2.75. The van der Waals surface area contributed by atoms with E-state index in [-0.39, 0.29) is 15.9 Å². The van der Waals surface area contributed by atoms with Crippen LogP contribution in [0, 0.1) is 0 Å². The van der Waals surface area contributed by atoms with Crippen LogP contribution in [0.1, 0.15) is 10.5 Å². The van der Waals surface area contributed by atoms with Gasteiger partial charge in [0.2, 0.25) is 0 Å². The number of nitrogens with zero attached hydrogens (tertiary/aromatic N) is 1. The van der Waals surface area contributed by atoms with Crippen LogP contribution in [-0.4, -0.2) is 11.0 Å². The Morgan fingerprint density at radius 3 is 2.55 bits per heavy atom. The maximum absolute atomic E-state index is 10.3. The molecule has 1 aromatic rings. The van der Waals surface area contributed by atoms with Gasteiger partial charge in [-0.2, -0.15) is 0 Å². The molecule has 1 rings (SSSR count). The summed E-state index contributed by atoms with van der Waals surface area (Å²) in [5.41, 5.74) is -0.334. The molecule has 0 aromatic carbocycles. The van der Waals surface area contributed by atoms with Crippen LogP contribution < -0.4 is 5.11 Å². The minimum absolute atomic E-state index is 0.0226. The molecule has 1 heterocycles. The Hall–Kier alpha value is -0.800. The van der Waals surface area contributed by atoms with Gasteiger partial charge < -0.3 is 9.90 Å². The van der Waals surface area contributed by atoms with Gasteiger partial charge in [0, 0.05) is 0 Å².